The van der Waals surface area contributed by atoms with Gasteiger partial charge in [0.2, 0.25) is 0 Å². The zero-order valence-electron chi connectivity index (χ0n) is 11.7. The Kier molecular flexibility index (Phi) is 8.86. The molecule has 0 heterocycles. The molecular formula is C9H18N3O10P. The van der Waals surface area contributed by atoms with Crippen LogP contribution in [0.25, 0.3) is 0 Å². The fraction of sp³-hybridized carbons (Fsp3) is 0.667. The van der Waals surface area contributed by atoms with Crippen molar-refractivity contribution in [3.05, 3.63) is 0 Å². The maximum absolute atomic E-state index is 12.2. The number of aliphatic hydroxyl groups excluding tert-OH is 3. The lowest BCUT2D eigenvalue weighted by Crippen LogP contribution is -2.39. The molecule has 0 rings (SSSR count). The number of hydrogen-bond acceptors (Lipinski definition) is 13. The van der Waals surface area contributed by atoms with Crippen LogP contribution >= 0.6 is 7.82 Å². The lowest BCUT2D eigenvalue weighted by molar-refractivity contribution is -0.147. The number of carbonyl (C=O) groups excluding carboxylic acids is 3. The Balaban J connectivity index is 5.26. The fourth-order valence-electron chi connectivity index (χ4n) is 0.813. The van der Waals surface area contributed by atoms with Gasteiger partial charge in [-0.25, -0.2) is 14.4 Å². The Hall–Kier alpha value is -1.60. The van der Waals surface area contributed by atoms with E-state index in [1.165, 1.54) is 0 Å². The predicted molar refractivity (Wildman–Crippen MR) is 71.1 cm³/mol. The molecule has 0 aromatic rings. The monoisotopic (exact) mass is 359 g/mol. The maximum Gasteiger partial charge on any atom is 0.653 e. The highest BCUT2D eigenvalue weighted by atomic mass is 31.2. The van der Waals surface area contributed by atoms with Gasteiger partial charge >= 0.3 is 25.7 Å². The summed E-state index contributed by atoms with van der Waals surface area (Å²) in [6.07, 6.45) is 0. The molecule has 134 valence electrons. The van der Waals surface area contributed by atoms with Gasteiger partial charge in [-0.2, -0.15) is 4.57 Å². The van der Waals surface area contributed by atoms with Gasteiger partial charge in [0.25, 0.3) is 0 Å². The number of rotatable bonds is 9. The van der Waals surface area contributed by atoms with Gasteiger partial charge in [0, 0.05) is 0 Å². The molecule has 9 N–H and O–H groups in total. The SMILES string of the molecule is N[C@@H](CO)C(=O)OP(=O)(OC(=O)[C@@H](N)CO)OC(=O)[C@@H](N)CO. The molecule has 0 aromatic carbocycles. The minimum absolute atomic E-state index is 0.910. The molecule has 0 amide bonds. The summed E-state index contributed by atoms with van der Waals surface area (Å²) in [4.78, 5) is 34.2. The van der Waals surface area contributed by atoms with Gasteiger partial charge in [0.1, 0.15) is 18.1 Å². The summed E-state index contributed by atoms with van der Waals surface area (Å²) in [6, 6.07) is -5.00. The smallest absolute Gasteiger partial charge is 0.394 e. The van der Waals surface area contributed by atoms with Crippen molar-refractivity contribution in [3.8, 4) is 0 Å². The van der Waals surface area contributed by atoms with Crippen LogP contribution in [0.4, 0.5) is 0 Å². The number of carbonyl (C=O) groups is 3. The number of hydrogen-bond donors (Lipinski definition) is 6. The molecule has 0 radical (unpaired) electrons. The van der Waals surface area contributed by atoms with Crippen molar-refractivity contribution in [2.45, 2.75) is 18.1 Å². The van der Waals surface area contributed by atoms with E-state index in [-0.39, 0.29) is 0 Å². The highest BCUT2D eigenvalue weighted by Gasteiger charge is 2.42. The van der Waals surface area contributed by atoms with Gasteiger partial charge < -0.3 is 46.1 Å². The first kappa shape index (κ1) is 21.4. The lowest BCUT2D eigenvalue weighted by atomic mass is 10.3. The second-order valence-electron chi connectivity index (χ2n) is 4.05. The second kappa shape index (κ2) is 9.52. The second-order valence-corrected chi connectivity index (χ2v) is 5.49. The Morgan fingerprint density at radius 2 is 0.957 bits per heavy atom. The van der Waals surface area contributed by atoms with Crippen LogP contribution in [0.3, 0.4) is 0 Å². The molecule has 0 fully saturated rings. The summed E-state index contributed by atoms with van der Waals surface area (Å²) >= 11 is 0. The van der Waals surface area contributed by atoms with E-state index in [2.05, 4.69) is 13.6 Å². The van der Waals surface area contributed by atoms with E-state index in [1.807, 2.05) is 0 Å². The molecule has 0 aromatic heterocycles. The topological polar surface area (TPSA) is 235 Å². The molecule has 0 aliphatic heterocycles. The average molecular weight is 359 g/mol. The van der Waals surface area contributed by atoms with Crippen molar-refractivity contribution < 1.29 is 47.8 Å². The van der Waals surface area contributed by atoms with Crippen molar-refractivity contribution in [2.24, 2.45) is 17.2 Å². The molecule has 0 saturated heterocycles. The standard InChI is InChI=1S/C9H18N3O10P/c10-4(1-13)7(16)20-23(19,21-8(17)5(11)2-14)22-9(18)6(12)3-15/h4-6,13-15H,1-3,10-12H2/t4-,5-,6-/m0/s1. The molecule has 0 saturated carbocycles. The van der Waals surface area contributed by atoms with E-state index in [0.29, 0.717) is 0 Å². The van der Waals surface area contributed by atoms with Crippen LogP contribution in [-0.4, -0.2) is 71.2 Å². The largest absolute Gasteiger partial charge is 0.653 e. The molecule has 23 heavy (non-hydrogen) atoms. The Morgan fingerprint density at radius 1 is 0.739 bits per heavy atom. The van der Waals surface area contributed by atoms with Gasteiger partial charge in [0.15, 0.2) is 0 Å². The van der Waals surface area contributed by atoms with Crippen molar-refractivity contribution in [2.75, 3.05) is 19.8 Å². The molecule has 13 nitrogen and oxygen atoms in total. The van der Waals surface area contributed by atoms with Crippen LogP contribution < -0.4 is 17.2 Å². The number of nitrogens with two attached hydrogens (primary N) is 3. The lowest BCUT2D eigenvalue weighted by Gasteiger charge is -2.19. The Bertz CT molecular complexity index is 420. The van der Waals surface area contributed by atoms with Crippen molar-refractivity contribution in [3.63, 3.8) is 0 Å². The third kappa shape index (κ3) is 7.00. The minimum atomic E-state index is -5.21. The normalized spacial score (nSPS) is 15.2. The average Bonchev–Trinajstić information content (AvgIpc) is 2.51. The summed E-state index contributed by atoms with van der Waals surface area (Å²) in [6.45, 7) is -2.73. The van der Waals surface area contributed by atoms with Gasteiger partial charge in [-0.15, -0.1) is 0 Å². The summed E-state index contributed by atoms with van der Waals surface area (Å²) < 4.78 is 24.7. The molecule has 0 aliphatic carbocycles. The van der Waals surface area contributed by atoms with Crippen LogP contribution in [0.15, 0.2) is 0 Å². The number of phosphoric acid groups is 1. The van der Waals surface area contributed by atoms with Crippen molar-refractivity contribution in [1.82, 2.24) is 0 Å². The van der Waals surface area contributed by atoms with Crippen LogP contribution in [0, 0.1) is 0 Å². The van der Waals surface area contributed by atoms with Gasteiger partial charge in [0.05, 0.1) is 19.8 Å². The van der Waals surface area contributed by atoms with E-state index in [9.17, 15) is 18.9 Å². The molecule has 3 atom stereocenters. The highest BCUT2D eigenvalue weighted by molar-refractivity contribution is 7.50. The Morgan fingerprint density at radius 3 is 1.13 bits per heavy atom. The zero-order chi connectivity index (χ0) is 18.2. The van der Waals surface area contributed by atoms with E-state index in [4.69, 9.17) is 32.5 Å². The van der Waals surface area contributed by atoms with Gasteiger partial charge in [-0.05, 0) is 0 Å². The third-order valence-electron chi connectivity index (χ3n) is 2.10. The van der Waals surface area contributed by atoms with Gasteiger partial charge in [-0.1, -0.05) is 0 Å². The highest BCUT2D eigenvalue weighted by Crippen LogP contribution is 2.50. The molecule has 0 unspecified atom stereocenters. The quantitative estimate of drug-likeness (QED) is 0.214. The summed E-state index contributed by atoms with van der Waals surface area (Å²) in [5, 5.41) is 26.0. The van der Waals surface area contributed by atoms with E-state index in [1.54, 1.807) is 0 Å². The van der Waals surface area contributed by atoms with Crippen LogP contribution in [0.1, 0.15) is 0 Å². The van der Waals surface area contributed by atoms with E-state index < -0.39 is 63.7 Å². The maximum atomic E-state index is 12.2. The zero-order valence-corrected chi connectivity index (χ0v) is 12.6. The van der Waals surface area contributed by atoms with Crippen molar-refractivity contribution >= 4 is 25.7 Å². The molecule has 0 bridgehead atoms. The van der Waals surface area contributed by atoms with Gasteiger partial charge in [-0.3, -0.25) is 0 Å². The third-order valence-corrected chi connectivity index (χ3v) is 3.31. The summed E-state index contributed by atoms with van der Waals surface area (Å²) in [5.74, 6) is -4.57. The first-order valence-corrected chi connectivity index (χ1v) is 7.46. The molecule has 0 aliphatic rings. The minimum Gasteiger partial charge on any atom is -0.394 e. The fourth-order valence-corrected chi connectivity index (χ4v) is 1.99. The predicted octanol–water partition coefficient (Wildman–Crippen LogP) is -4.32. The Labute approximate surface area is 129 Å². The van der Waals surface area contributed by atoms with E-state index in [0.717, 1.165) is 0 Å². The molecule has 0 spiro atoms. The number of aliphatic hydroxyl groups is 3. The first-order valence-electron chi connectivity index (χ1n) is 5.99. The summed E-state index contributed by atoms with van der Waals surface area (Å²) in [7, 11) is -5.21. The first-order chi connectivity index (χ1) is 10.6. The van der Waals surface area contributed by atoms with E-state index >= 15 is 0 Å². The van der Waals surface area contributed by atoms with Crippen molar-refractivity contribution in [1.29, 1.82) is 0 Å². The van der Waals surface area contributed by atoms with Crippen LogP contribution in [0.2, 0.25) is 0 Å². The van der Waals surface area contributed by atoms with Crippen LogP contribution in [-0.2, 0) is 32.5 Å². The van der Waals surface area contributed by atoms with Crippen LogP contribution in [0.5, 0.6) is 0 Å². The molecular weight excluding hydrogens is 341 g/mol. The number of phosphoric ester groups is 1. The molecule has 14 heteroatoms. The summed E-state index contributed by atoms with van der Waals surface area (Å²) in [5.41, 5.74) is 15.3.